The highest BCUT2D eigenvalue weighted by Crippen LogP contribution is 2.09. The van der Waals surface area contributed by atoms with Crippen LogP contribution in [0.4, 0.5) is 0 Å². The molecule has 0 heterocycles. The summed E-state index contributed by atoms with van der Waals surface area (Å²) in [6.45, 7) is 0.721. The number of aliphatic hydroxyl groups excluding tert-OH is 2. The van der Waals surface area contributed by atoms with Crippen molar-refractivity contribution < 1.29 is 24.9 Å². The first-order valence-corrected chi connectivity index (χ1v) is 3.97. The van der Waals surface area contributed by atoms with E-state index in [1.807, 2.05) is 0 Å². The average Bonchev–Trinajstić information content (AvgIpc) is 2.14. The predicted molar refractivity (Wildman–Crippen MR) is 48.0 cm³/mol. The zero-order valence-electron chi connectivity index (χ0n) is 7.99. The monoisotopic (exact) mass is 218 g/mol. The topological polar surface area (TPSA) is 141 Å². The third-order valence-electron chi connectivity index (χ3n) is 1.44. The van der Waals surface area contributed by atoms with Gasteiger partial charge in [0.1, 0.15) is 12.6 Å². The molecule has 0 radical (unpaired) electrons. The number of carbonyl (C=O) groups is 1. The molecule has 2 unspecified atom stereocenters. The second kappa shape index (κ2) is 5.79. The van der Waals surface area contributed by atoms with Crippen LogP contribution >= 0.6 is 0 Å². The highest BCUT2D eigenvalue weighted by atomic mass is 16.6. The fourth-order valence-corrected chi connectivity index (χ4v) is 0.619. The van der Waals surface area contributed by atoms with Crippen molar-refractivity contribution >= 4 is 5.97 Å². The third kappa shape index (κ3) is 4.26. The van der Waals surface area contributed by atoms with Crippen molar-refractivity contribution in [3.8, 4) is 0 Å². The van der Waals surface area contributed by atoms with Crippen LogP contribution in [0.2, 0.25) is 0 Å². The van der Waals surface area contributed by atoms with Crippen molar-refractivity contribution in [1.29, 1.82) is 5.39 Å². The van der Waals surface area contributed by atoms with Crippen LogP contribution in [0.15, 0.2) is 11.6 Å². The van der Waals surface area contributed by atoms with Crippen LogP contribution in [0.3, 0.4) is 0 Å². The van der Waals surface area contributed by atoms with Gasteiger partial charge >= 0.3 is 17.6 Å². The zero-order chi connectivity index (χ0) is 12.0. The Bertz CT molecular complexity index is 306. The molecule has 0 aliphatic carbocycles. The van der Waals surface area contributed by atoms with Crippen LogP contribution in [0.5, 0.6) is 0 Å². The molecule has 0 amide bonds. The Morgan fingerprint density at radius 1 is 1.60 bits per heavy atom. The van der Waals surface area contributed by atoms with Gasteiger partial charge in [-0.25, -0.2) is 0 Å². The number of ether oxygens (including phenoxy) is 1. The first-order chi connectivity index (χ1) is 6.90. The number of nitrogens with two attached hydrogens (primary N) is 1. The molecule has 0 saturated heterocycles. The van der Waals surface area contributed by atoms with Gasteiger partial charge in [-0.1, -0.05) is 0 Å². The van der Waals surface area contributed by atoms with Gasteiger partial charge < -0.3 is 25.8 Å². The van der Waals surface area contributed by atoms with Gasteiger partial charge in [0.05, 0.1) is 0 Å². The summed E-state index contributed by atoms with van der Waals surface area (Å²) in [5.74, 6) is -2.17. The van der Waals surface area contributed by atoms with Gasteiger partial charge in [0.2, 0.25) is 5.39 Å². The number of carboxylic acids is 1. The Hall–Kier alpha value is -1.85. The molecule has 15 heavy (non-hydrogen) atoms. The maximum Gasteiger partial charge on any atom is 0.468 e. The normalized spacial score (nSPS) is 15.9. The molecule has 0 bridgehead atoms. The second-order valence-electron chi connectivity index (χ2n) is 2.72. The summed E-state index contributed by atoms with van der Waals surface area (Å²) in [6.07, 6.45) is -1.25. The molecule has 0 saturated carbocycles. The van der Waals surface area contributed by atoms with Gasteiger partial charge in [-0.3, -0.25) is 4.79 Å². The fraction of sp³-hybridized carbons (Fsp3) is 0.571. The minimum absolute atomic E-state index is 0.507. The molecule has 8 heteroatoms. The maximum absolute atomic E-state index is 10.3. The van der Waals surface area contributed by atoms with Gasteiger partial charge in [0.25, 0.3) is 0 Å². The summed E-state index contributed by atoms with van der Waals surface area (Å²) in [5.41, 5.74) is 4.56. The number of aliphatic carboxylic acids is 1. The van der Waals surface area contributed by atoms with Crippen LogP contribution in [0, 0.1) is 5.39 Å². The van der Waals surface area contributed by atoms with Gasteiger partial charge in [0.15, 0.2) is 11.1 Å². The molecule has 0 aromatic heterocycles. The number of hydrogen-bond acceptors (Lipinski definition) is 6. The first kappa shape index (κ1) is 13.2. The quantitative estimate of drug-likeness (QED) is 0.355. The SMILES string of the molecule is CC(O)/C([N+]#N)=C(/O)OCC(N)C(=O)O. The zero-order valence-corrected chi connectivity index (χ0v) is 7.99. The van der Waals surface area contributed by atoms with Crippen molar-refractivity contribution in [2.24, 2.45) is 5.73 Å². The molecule has 0 aromatic rings. The Morgan fingerprint density at radius 2 is 2.13 bits per heavy atom. The molecule has 0 aliphatic heterocycles. The van der Waals surface area contributed by atoms with E-state index in [-0.39, 0.29) is 0 Å². The van der Waals surface area contributed by atoms with E-state index in [0.29, 0.717) is 0 Å². The van der Waals surface area contributed by atoms with Crippen LogP contribution in [0.1, 0.15) is 6.92 Å². The summed E-state index contributed by atoms with van der Waals surface area (Å²) >= 11 is 0. The number of diazo groups is 1. The van der Waals surface area contributed by atoms with Gasteiger partial charge in [-0.05, 0) is 6.92 Å². The minimum atomic E-state index is -1.32. The summed E-state index contributed by atoms with van der Waals surface area (Å²) in [4.78, 5) is 12.8. The van der Waals surface area contributed by atoms with Crippen LogP contribution < -0.4 is 5.73 Å². The van der Waals surface area contributed by atoms with E-state index in [4.69, 9.17) is 26.4 Å². The Labute approximate surface area is 85.2 Å². The number of aliphatic hydroxyl groups is 2. The van der Waals surface area contributed by atoms with Gasteiger partial charge in [0, 0.05) is 0 Å². The smallest absolute Gasteiger partial charge is 0.468 e. The molecule has 8 nitrogen and oxygen atoms in total. The summed E-state index contributed by atoms with van der Waals surface area (Å²) < 4.78 is 4.50. The molecule has 0 aliphatic rings. The van der Waals surface area contributed by atoms with E-state index < -0.39 is 36.4 Å². The summed E-state index contributed by atoms with van der Waals surface area (Å²) in [7, 11) is 0. The lowest BCUT2D eigenvalue weighted by Gasteiger charge is -2.06. The molecule has 0 aromatic carbocycles. The molecule has 2 atom stereocenters. The first-order valence-electron chi connectivity index (χ1n) is 3.97. The predicted octanol–water partition coefficient (Wildman–Crippen LogP) is -0.624. The van der Waals surface area contributed by atoms with E-state index in [1.54, 1.807) is 0 Å². The lowest BCUT2D eigenvalue weighted by Crippen LogP contribution is -2.35. The largest absolute Gasteiger partial charge is 0.480 e. The Kier molecular flexibility index (Phi) is 5.08. The van der Waals surface area contributed by atoms with E-state index in [0.717, 1.165) is 0 Å². The molecule has 5 N–H and O–H groups in total. The van der Waals surface area contributed by atoms with Gasteiger partial charge in [-0.15, -0.1) is 0 Å². The van der Waals surface area contributed by atoms with E-state index in [9.17, 15) is 4.79 Å². The summed E-state index contributed by atoms with van der Waals surface area (Å²) in [6, 6.07) is -1.32. The molecule has 0 fully saturated rings. The summed E-state index contributed by atoms with van der Waals surface area (Å²) in [5, 5.41) is 34.8. The molecule has 0 rings (SSSR count). The number of hydrogen-bond donors (Lipinski definition) is 4. The maximum atomic E-state index is 10.3. The third-order valence-corrected chi connectivity index (χ3v) is 1.44. The highest BCUT2D eigenvalue weighted by molar-refractivity contribution is 5.73. The standard InChI is InChI=1S/C7H11N3O5/c1-3(11)5(10-9)7(14)15-2-4(8)6(12)13/h3-4,11H,2,8H2,1H3,(H-,12,13,14)/p+1/b7-5+. The Morgan fingerprint density at radius 3 is 2.47 bits per heavy atom. The Balaban J connectivity index is 4.42. The van der Waals surface area contributed by atoms with E-state index >= 15 is 0 Å². The van der Waals surface area contributed by atoms with Crippen molar-refractivity contribution in [3.05, 3.63) is 16.6 Å². The molecule has 0 spiro atoms. The fourth-order valence-electron chi connectivity index (χ4n) is 0.619. The average molecular weight is 218 g/mol. The van der Waals surface area contributed by atoms with E-state index in [2.05, 4.69) is 9.71 Å². The van der Waals surface area contributed by atoms with Crippen molar-refractivity contribution in [2.75, 3.05) is 6.61 Å². The van der Waals surface area contributed by atoms with Crippen LogP contribution in [-0.4, -0.2) is 40.0 Å². The van der Waals surface area contributed by atoms with Crippen LogP contribution in [0.25, 0.3) is 4.98 Å². The van der Waals surface area contributed by atoms with E-state index in [1.165, 1.54) is 6.92 Å². The number of rotatable bonds is 5. The second-order valence-corrected chi connectivity index (χ2v) is 2.72. The van der Waals surface area contributed by atoms with Crippen molar-refractivity contribution in [2.45, 2.75) is 19.1 Å². The lowest BCUT2D eigenvalue weighted by atomic mass is 10.3. The van der Waals surface area contributed by atoms with Crippen LogP contribution in [-0.2, 0) is 9.53 Å². The molecular formula is C7H12N3O5+. The lowest BCUT2D eigenvalue weighted by molar-refractivity contribution is -0.139. The minimum Gasteiger partial charge on any atom is -0.480 e. The van der Waals surface area contributed by atoms with Crippen molar-refractivity contribution in [1.82, 2.24) is 0 Å². The molecule has 84 valence electrons. The highest BCUT2D eigenvalue weighted by Gasteiger charge is 2.27. The van der Waals surface area contributed by atoms with Crippen molar-refractivity contribution in [3.63, 3.8) is 0 Å². The molecular weight excluding hydrogens is 206 g/mol. The number of nitrogens with zero attached hydrogens (tertiary/aromatic N) is 2. The van der Waals surface area contributed by atoms with Gasteiger partial charge in [-0.2, -0.15) is 0 Å². The number of carboxylic acid groups (broad SMARTS) is 1.